The lowest BCUT2D eigenvalue weighted by Gasteiger charge is -2.27. The molecule has 1 saturated heterocycles. The number of aryl methyl sites for hydroxylation is 1. The summed E-state index contributed by atoms with van der Waals surface area (Å²) in [6, 6.07) is 17.2. The fraction of sp³-hybridized carbons (Fsp3) is 0.296. The number of amides is 2. The minimum Gasteiger partial charge on any atom is -0.497 e. The third-order valence-electron chi connectivity index (χ3n) is 6.18. The average Bonchev–Trinajstić information content (AvgIpc) is 3.26. The Labute approximate surface area is 199 Å². The van der Waals surface area contributed by atoms with Crippen LogP contribution in [0, 0.1) is 12.8 Å². The predicted molar refractivity (Wildman–Crippen MR) is 130 cm³/mol. The van der Waals surface area contributed by atoms with Gasteiger partial charge in [-0.3, -0.25) is 14.6 Å². The molecule has 176 valence electrons. The maximum Gasteiger partial charge on any atom is 0.228 e. The van der Waals surface area contributed by atoms with Crippen LogP contribution < -0.4 is 14.4 Å². The lowest BCUT2D eigenvalue weighted by molar-refractivity contribution is -0.137. The van der Waals surface area contributed by atoms with Gasteiger partial charge in [0.15, 0.2) is 0 Å². The van der Waals surface area contributed by atoms with E-state index in [0.717, 1.165) is 16.7 Å². The number of aromatic nitrogens is 1. The highest BCUT2D eigenvalue weighted by atomic mass is 16.5. The van der Waals surface area contributed by atoms with Gasteiger partial charge in [-0.2, -0.15) is 0 Å². The van der Waals surface area contributed by atoms with Crippen LogP contribution in [0.2, 0.25) is 0 Å². The zero-order valence-corrected chi connectivity index (χ0v) is 19.7. The first-order valence-electron chi connectivity index (χ1n) is 11.2. The molecular formula is C27H29N3O4. The van der Waals surface area contributed by atoms with E-state index in [2.05, 4.69) is 4.98 Å². The summed E-state index contributed by atoms with van der Waals surface area (Å²) in [6.45, 7) is 3.22. The number of carbonyl (C=O) groups is 2. The molecule has 0 spiro atoms. The second-order valence-corrected chi connectivity index (χ2v) is 8.43. The minimum atomic E-state index is -0.455. The molecule has 0 bridgehead atoms. The highest BCUT2D eigenvalue weighted by molar-refractivity contribution is 6.01. The number of benzene rings is 2. The normalized spacial score (nSPS) is 15.3. The third kappa shape index (κ3) is 5.03. The molecule has 1 aliphatic heterocycles. The van der Waals surface area contributed by atoms with Crippen LogP contribution in [0.4, 0.5) is 5.69 Å². The van der Waals surface area contributed by atoms with Gasteiger partial charge in [0.1, 0.15) is 11.5 Å². The van der Waals surface area contributed by atoms with Gasteiger partial charge >= 0.3 is 0 Å². The second kappa shape index (κ2) is 10.4. The molecule has 4 rings (SSSR count). The Morgan fingerprint density at radius 1 is 1.09 bits per heavy atom. The molecule has 2 aromatic carbocycles. The van der Waals surface area contributed by atoms with Crippen molar-refractivity contribution in [2.75, 3.05) is 25.7 Å². The summed E-state index contributed by atoms with van der Waals surface area (Å²) >= 11 is 0. The topological polar surface area (TPSA) is 72.0 Å². The Bertz CT molecular complexity index is 1170. The summed E-state index contributed by atoms with van der Waals surface area (Å²) in [5.74, 6) is 0.571. The van der Waals surface area contributed by atoms with Crippen molar-refractivity contribution in [2.45, 2.75) is 26.4 Å². The number of rotatable bonds is 8. The fourth-order valence-electron chi connectivity index (χ4n) is 4.29. The van der Waals surface area contributed by atoms with Gasteiger partial charge < -0.3 is 19.3 Å². The largest absolute Gasteiger partial charge is 0.497 e. The first-order valence-corrected chi connectivity index (χ1v) is 11.2. The van der Waals surface area contributed by atoms with E-state index in [0.29, 0.717) is 36.8 Å². The smallest absolute Gasteiger partial charge is 0.228 e. The van der Waals surface area contributed by atoms with Crippen LogP contribution in [0.25, 0.3) is 0 Å². The molecule has 1 aromatic heterocycles. The van der Waals surface area contributed by atoms with Gasteiger partial charge in [-0.25, -0.2) is 0 Å². The van der Waals surface area contributed by atoms with E-state index >= 15 is 0 Å². The van der Waals surface area contributed by atoms with Gasteiger partial charge in [0.05, 0.1) is 25.8 Å². The summed E-state index contributed by atoms with van der Waals surface area (Å²) in [4.78, 5) is 34.4. The molecule has 1 atom stereocenters. The molecule has 7 heteroatoms. The van der Waals surface area contributed by atoms with Crippen LogP contribution in [0.15, 0.2) is 67.0 Å². The van der Waals surface area contributed by atoms with Gasteiger partial charge in [0.2, 0.25) is 11.8 Å². The first kappa shape index (κ1) is 23.3. The van der Waals surface area contributed by atoms with Crippen LogP contribution in [-0.2, 0) is 22.7 Å². The van der Waals surface area contributed by atoms with Gasteiger partial charge in [-0.1, -0.05) is 30.3 Å². The lowest BCUT2D eigenvalue weighted by atomic mass is 10.0. The van der Waals surface area contributed by atoms with Crippen LogP contribution >= 0.6 is 0 Å². The van der Waals surface area contributed by atoms with Crippen LogP contribution in [-0.4, -0.2) is 42.5 Å². The van der Waals surface area contributed by atoms with Crippen molar-refractivity contribution < 1.29 is 19.1 Å². The summed E-state index contributed by atoms with van der Waals surface area (Å²) < 4.78 is 10.8. The van der Waals surface area contributed by atoms with E-state index < -0.39 is 5.92 Å². The van der Waals surface area contributed by atoms with Crippen LogP contribution in [0.1, 0.15) is 23.1 Å². The molecule has 7 nitrogen and oxygen atoms in total. The van der Waals surface area contributed by atoms with Gasteiger partial charge in [0.25, 0.3) is 0 Å². The zero-order chi connectivity index (χ0) is 24.1. The molecule has 3 aromatic rings. The molecule has 0 N–H and O–H groups in total. The molecule has 2 heterocycles. The minimum absolute atomic E-state index is 0.0511. The second-order valence-electron chi connectivity index (χ2n) is 8.43. The summed E-state index contributed by atoms with van der Waals surface area (Å²) in [6.07, 6.45) is 3.63. The SMILES string of the molecule is COc1ccc(OC)c(N2CC(C(=O)N(Cc3cccnc3)Cc3ccccc3C)CC2=O)c1. The number of pyridine rings is 1. The number of hydrogen-bond donors (Lipinski definition) is 0. The number of methoxy groups -OCH3 is 2. The average molecular weight is 460 g/mol. The third-order valence-corrected chi connectivity index (χ3v) is 6.18. The fourth-order valence-corrected chi connectivity index (χ4v) is 4.29. The Kier molecular flexibility index (Phi) is 7.11. The lowest BCUT2D eigenvalue weighted by Crippen LogP contribution is -2.37. The molecule has 0 aliphatic carbocycles. The van der Waals surface area contributed by atoms with Crippen molar-refractivity contribution in [3.63, 3.8) is 0 Å². The molecule has 0 saturated carbocycles. The van der Waals surface area contributed by atoms with E-state index in [1.807, 2.05) is 48.2 Å². The van der Waals surface area contributed by atoms with E-state index in [9.17, 15) is 9.59 Å². The van der Waals surface area contributed by atoms with Crippen LogP contribution in [0.5, 0.6) is 11.5 Å². The molecule has 1 unspecified atom stereocenters. The predicted octanol–water partition coefficient (Wildman–Crippen LogP) is 3.99. The Hall–Kier alpha value is -3.87. The monoisotopic (exact) mass is 459 g/mol. The summed E-state index contributed by atoms with van der Waals surface area (Å²) in [5, 5.41) is 0. The molecule has 34 heavy (non-hydrogen) atoms. The highest BCUT2D eigenvalue weighted by Crippen LogP contribution is 2.36. The quantitative estimate of drug-likeness (QED) is 0.509. The Balaban J connectivity index is 1.59. The highest BCUT2D eigenvalue weighted by Gasteiger charge is 2.38. The van der Waals surface area contributed by atoms with E-state index in [1.165, 1.54) is 0 Å². The van der Waals surface area contributed by atoms with E-state index in [1.54, 1.807) is 49.7 Å². The maximum absolute atomic E-state index is 13.7. The van der Waals surface area contributed by atoms with E-state index in [4.69, 9.17) is 9.47 Å². The van der Waals surface area contributed by atoms with Crippen molar-refractivity contribution in [1.29, 1.82) is 0 Å². The zero-order valence-electron chi connectivity index (χ0n) is 19.7. The van der Waals surface area contributed by atoms with Crippen LogP contribution in [0.3, 0.4) is 0 Å². The Morgan fingerprint density at radius 2 is 1.91 bits per heavy atom. The molecule has 2 amide bonds. The van der Waals surface area contributed by atoms with Gasteiger partial charge in [-0.05, 0) is 41.8 Å². The summed E-state index contributed by atoms with van der Waals surface area (Å²) in [7, 11) is 3.14. The number of nitrogens with zero attached hydrogens (tertiary/aromatic N) is 3. The van der Waals surface area contributed by atoms with Gasteiger partial charge in [-0.15, -0.1) is 0 Å². The van der Waals surface area contributed by atoms with Crippen molar-refractivity contribution in [1.82, 2.24) is 9.88 Å². The number of anilines is 1. The Morgan fingerprint density at radius 3 is 2.62 bits per heavy atom. The number of ether oxygens (including phenoxy) is 2. The molecule has 1 aliphatic rings. The first-order chi connectivity index (χ1) is 16.5. The standard InChI is InChI=1S/C27H29N3O4/c1-19-7-4-5-9-21(19)17-29(16-20-8-6-12-28-15-20)27(32)22-13-26(31)30(18-22)24-14-23(33-2)10-11-25(24)34-3/h4-12,14-15,22H,13,16-18H2,1-3H3. The number of carbonyl (C=O) groups excluding carboxylic acids is 2. The van der Waals surface area contributed by atoms with Crippen molar-refractivity contribution >= 4 is 17.5 Å². The van der Waals surface area contributed by atoms with E-state index in [-0.39, 0.29) is 18.2 Å². The summed E-state index contributed by atoms with van der Waals surface area (Å²) in [5.41, 5.74) is 3.76. The van der Waals surface area contributed by atoms with Gasteiger partial charge in [0, 0.05) is 44.5 Å². The molecule has 0 radical (unpaired) electrons. The van der Waals surface area contributed by atoms with Crippen molar-refractivity contribution in [2.24, 2.45) is 5.92 Å². The van der Waals surface area contributed by atoms with Crippen molar-refractivity contribution in [3.05, 3.63) is 83.7 Å². The maximum atomic E-state index is 13.7. The number of hydrogen-bond acceptors (Lipinski definition) is 5. The molecular weight excluding hydrogens is 430 g/mol. The molecule has 1 fully saturated rings. The van der Waals surface area contributed by atoms with Crippen molar-refractivity contribution in [3.8, 4) is 11.5 Å².